The van der Waals surface area contributed by atoms with Gasteiger partial charge in [-0.3, -0.25) is 20.4 Å². The van der Waals surface area contributed by atoms with Crippen LogP contribution in [0.4, 0.5) is 8.78 Å². The highest BCUT2D eigenvalue weighted by atomic mass is 19.3. The lowest BCUT2D eigenvalue weighted by atomic mass is 10.1. The van der Waals surface area contributed by atoms with Crippen molar-refractivity contribution in [2.24, 2.45) is 0 Å². The molecule has 27 heavy (non-hydrogen) atoms. The van der Waals surface area contributed by atoms with Crippen LogP contribution < -0.4 is 20.3 Å². The lowest BCUT2D eigenvalue weighted by Gasteiger charge is -2.10. The number of benzene rings is 2. The summed E-state index contributed by atoms with van der Waals surface area (Å²) in [4.78, 5) is 23.7. The lowest BCUT2D eigenvalue weighted by molar-refractivity contribution is -0.117. The summed E-state index contributed by atoms with van der Waals surface area (Å²) in [5.74, 6) is -1.03. The van der Waals surface area contributed by atoms with Crippen molar-refractivity contribution in [2.75, 3.05) is 7.11 Å². The highest BCUT2D eigenvalue weighted by molar-refractivity contribution is 5.97. The number of carbonyl (C=O) groups excluding carboxylic acids is 2. The summed E-state index contributed by atoms with van der Waals surface area (Å²) >= 11 is 0. The number of alkyl halides is 2. The van der Waals surface area contributed by atoms with Gasteiger partial charge in [-0.05, 0) is 42.8 Å². The van der Waals surface area contributed by atoms with Gasteiger partial charge >= 0.3 is 6.61 Å². The Hall–Kier alpha value is -3.42. The molecule has 0 saturated carbocycles. The quantitative estimate of drug-likeness (QED) is 0.600. The highest BCUT2D eigenvalue weighted by Gasteiger charge is 2.10. The molecule has 142 valence electrons. The lowest BCUT2D eigenvalue weighted by Crippen LogP contribution is -2.40. The second-order valence-electron chi connectivity index (χ2n) is 5.43. The summed E-state index contributed by atoms with van der Waals surface area (Å²) in [6.45, 7) is -1.07. The third-order valence-electron chi connectivity index (χ3n) is 3.44. The van der Waals surface area contributed by atoms with E-state index in [4.69, 9.17) is 4.74 Å². The van der Waals surface area contributed by atoms with Crippen LogP contribution in [-0.4, -0.2) is 25.5 Å². The average Bonchev–Trinajstić information content (AvgIpc) is 2.65. The average molecular weight is 376 g/mol. The fraction of sp³-hybridized carbons (Fsp3) is 0.158. The number of aryl methyl sites for hydroxylation is 1. The van der Waals surface area contributed by atoms with Crippen molar-refractivity contribution in [3.8, 4) is 11.5 Å². The van der Waals surface area contributed by atoms with Gasteiger partial charge in [0.15, 0.2) is 11.5 Å². The minimum Gasteiger partial charge on any atom is -0.493 e. The number of methoxy groups -OCH3 is 1. The van der Waals surface area contributed by atoms with E-state index in [0.29, 0.717) is 11.1 Å². The first-order chi connectivity index (χ1) is 12.9. The molecule has 0 fully saturated rings. The summed E-state index contributed by atoms with van der Waals surface area (Å²) in [5.41, 5.74) is 6.48. The van der Waals surface area contributed by atoms with Gasteiger partial charge in [-0.1, -0.05) is 23.8 Å². The molecule has 0 saturated heterocycles. The van der Waals surface area contributed by atoms with Crippen molar-refractivity contribution in [3.05, 3.63) is 65.2 Å². The molecule has 2 aromatic carbocycles. The molecule has 0 spiro atoms. The molecule has 0 aliphatic rings. The predicted octanol–water partition coefficient (Wildman–Crippen LogP) is 3.08. The van der Waals surface area contributed by atoms with Crippen LogP contribution in [0.25, 0.3) is 6.08 Å². The maximum Gasteiger partial charge on any atom is 0.387 e. The van der Waals surface area contributed by atoms with Gasteiger partial charge in [0, 0.05) is 11.6 Å². The van der Waals surface area contributed by atoms with E-state index in [1.165, 1.54) is 37.5 Å². The molecule has 0 radical (unpaired) electrons. The van der Waals surface area contributed by atoms with Crippen molar-refractivity contribution in [2.45, 2.75) is 13.5 Å². The van der Waals surface area contributed by atoms with Crippen molar-refractivity contribution >= 4 is 17.9 Å². The smallest absolute Gasteiger partial charge is 0.387 e. The van der Waals surface area contributed by atoms with E-state index < -0.39 is 18.4 Å². The van der Waals surface area contributed by atoms with E-state index in [-0.39, 0.29) is 11.5 Å². The molecule has 0 unspecified atom stereocenters. The van der Waals surface area contributed by atoms with Crippen LogP contribution in [0.2, 0.25) is 0 Å². The third kappa shape index (κ3) is 6.10. The Bertz CT molecular complexity index is 836. The second kappa shape index (κ2) is 9.33. The molecule has 2 rings (SSSR count). The standard InChI is InChI=1S/C19H18F2N2O4/c1-12-3-7-14(8-4-12)18(25)23-22-17(24)10-6-13-5-9-15(27-19(20)21)16(11-13)26-2/h3-11,19H,1-2H3,(H,22,24)(H,23,25). The van der Waals surface area contributed by atoms with E-state index in [2.05, 4.69) is 15.6 Å². The number of hydrazine groups is 1. The van der Waals surface area contributed by atoms with E-state index in [1.807, 2.05) is 6.92 Å². The van der Waals surface area contributed by atoms with Gasteiger partial charge in [-0.15, -0.1) is 0 Å². The number of rotatable bonds is 6. The first-order valence-corrected chi connectivity index (χ1v) is 7.87. The number of nitrogens with one attached hydrogen (secondary N) is 2. The Labute approximate surface area is 154 Å². The molecule has 8 heteroatoms. The van der Waals surface area contributed by atoms with E-state index in [1.54, 1.807) is 24.3 Å². The monoisotopic (exact) mass is 376 g/mol. The zero-order chi connectivity index (χ0) is 19.8. The minimum atomic E-state index is -2.97. The highest BCUT2D eigenvalue weighted by Crippen LogP contribution is 2.29. The van der Waals surface area contributed by atoms with Crippen molar-refractivity contribution in [1.82, 2.24) is 10.9 Å². The molecule has 0 bridgehead atoms. The molecule has 0 heterocycles. The van der Waals surface area contributed by atoms with Crippen molar-refractivity contribution in [1.29, 1.82) is 0 Å². The van der Waals surface area contributed by atoms with Crippen LogP contribution in [0.5, 0.6) is 11.5 Å². The summed E-state index contributed by atoms with van der Waals surface area (Å²) in [5, 5.41) is 0. The SMILES string of the molecule is COc1cc(C=CC(=O)NNC(=O)c2ccc(C)cc2)ccc1OC(F)F. The largest absolute Gasteiger partial charge is 0.493 e. The second-order valence-corrected chi connectivity index (χ2v) is 5.43. The van der Waals surface area contributed by atoms with Gasteiger partial charge in [0.05, 0.1) is 7.11 Å². The topological polar surface area (TPSA) is 76.7 Å². The van der Waals surface area contributed by atoms with Crippen LogP contribution in [-0.2, 0) is 4.79 Å². The number of amides is 2. The van der Waals surface area contributed by atoms with E-state index in [0.717, 1.165) is 5.56 Å². The number of hydrogen-bond acceptors (Lipinski definition) is 4. The molecule has 6 nitrogen and oxygen atoms in total. The molecule has 0 atom stereocenters. The van der Waals surface area contributed by atoms with Gasteiger partial charge in [0.1, 0.15) is 0 Å². The Morgan fingerprint density at radius 1 is 1.04 bits per heavy atom. The Balaban J connectivity index is 1.94. The molecule has 2 aromatic rings. The van der Waals surface area contributed by atoms with Crippen LogP contribution in [0.15, 0.2) is 48.5 Å². The number of carbonyl (C=O) groups is 2. The van der Waals surface area contributed by atoms with Crippen LogP contribution in [0.1, 0.15) is 21.5 Å². The number of ether oxygens (including phenoxy) is 2. The fourth-order valence-electron chi connectivity index (χ4n) is 2.09. The van der Waals surface area contributed by atoms with Gasteiger partial charge in [-0.2, -0.15) is 8.78 Å². The Kier molecular flexibility index (Phi) is 6.87. The van der Waals surface area contributed by atoms with Gasteiger partial charge in [0.2, 0.25) is 0 Å². The summed E-state index contributed by atoms with van der Waals surface area (Å²) in [6, 6.07) is 11.1. The maximum absolute atomic E-state index is 12.3. The van der Waals surface area contributed by atoms with Crippen molar-refractivity contribution in [3.63, 3.8) is 0 Å². The van der Waals surface area contributed by atoms with E-state index >= 15 is 0 Å². The van der Waals surface area contributed by atoms with Gasteiger partial charge < -0.3 is 9.47 Å². The van der Waals surface area contributed by atoms with Crippen molar-refractivity contribution < 1.29 is 27.8 Å². The maximum atomic E-state index is 12.3. The molecule has 0 aliphatic heterocycles. The van der Waals surface area contributed by atoms with Crippen LogP contribution in [0.3, 0.4) is 0 Å². The zero-order valence-electron chi connectivity index (χ0n) is 14.7. The molecule has 0 aromatic heterocycles. The predicted molar refractivity (Wildman–Crippen MR) is 95.4 cm³/mol. The third-order valence-corrected chi connectivity index (χ3v) is 3.44. The first-order valence-electron chi connectivity index (χ1n) is 7.87. The number of halogens is 2. The van der Waals surface area contributed by atoms with E-state index in [9.17, 15) is 18.4 Å². The summed E-state index contributed by atoms with van der Waals surface area (Å²) < 4.78 is 33.9. The first kappa shape index (κ1) is 19.9. The molecule has 2 N–H and O–H groups in total. The van der Waals surface area contributed by atoms with Crippen LogP contribution >= 0.6 is 0 Å². The summed E-state index contributed by atoms with van der Waals surface area (Å²) in [6.07, 6.45) is 2.61. The number of hydrogen-bond donors (Lipinski definition) is 2. The van der Waals surface area contributed by atoms with Gasteiger partial charge in [-0.25, -0.2) is 0 Å². The molecule has 2 amide bonds. The van der Waals surface area contributed by atoms with Crippen LogP contribution in [0, 0.1) is 6.92 Å². The molecular weight excluding hydrogens is 358 g/mol. The fourth-order valence-corrected chi connectivity index (χ4v) is 2.09. The van der Waals surface area contributed by atoms with Gasteiger partial charge in [0.25, 0.3) is 11.8 Å². The normalized spacial score (nSPS) is 10.7. The minimum absolute atomic E-state index is 0.102. The molecule has 0 aliphatic carbocycles. The Morgan fingerprint density at radius 3 is 2.37 bits per heavy atom. The zero-order valence-corrected chi connectivity index (χ0v) is 14.7. The molecular formula is C19H18F2N2O4. The summed E-state index contributed by atoms with van der Waals surface area (Å²) in [7, 11) is 1.31. The Morgan fingerprint density at radius 2 is 1.74 bits per heavy atom.